The summed E-state index contributed by atoms with van der Waals surface area (Å²) < 4.78 is 0. The van der Waals surface area contributed by atoms with Crippen LogP contribution in [0.3, 0.4) is 0 Å². The third-order valence-corrected chi connectivity index (χ3v) is 4.36. The molecule has 0 radical (unpaired) electrons. The van der Waals surface area contributed by atoms with Crippen molar-refractivity contribution in [3.63, 3.8) is 0 Å². The van der Waals surface area contributed by atoms with Crippen LogP contribution >= 0.6 is 0 Å². The number of nitrogens with two attached hydrogens (primary N) is 1. The fourth-order valence-electron chi connectivity index (χ4n) is 3.09. The lowest BCUT2D eigenvalue weighted by molar-refractivity contribution is -0.144. The van der Waals surface area contributed by atoms with Crippen molar-refractivity contribution in [3.05, 3.63) is 35.4 Å². The van der Waals surface area contributed by atoms with Crippen molar-refractivity contribution in [1.29, 1.82) is 0 Å². The highest BCUT2D eigenvalue weighted by molar-refractivity contribution is 5.92. The van der Waals surface area contributed by atoms with Gasteiger partial charge in [-0.3, -0.25) is 14.4 Å². The van der Waals surface area contributed by atoms with Crippen LogP contribution in [-0.2, 0) is 16.1 Å². The topological polar surface area (TPSA) is 83.7 Å². The van der Waals surface area contributed by atoms with E-state index in [1.54, 1.807) is 41.1 Å². The van der Waals surface area contributed by atoms with Gasteiger partial charge in [0.1, 0.15) is 6.04 Å². The fourth-order valence-corrected chi connectivity index (χ4v) is 3.09. The molecule has 3 amide bonds. The normalized spacial score (nSPS) is 15.7. The first-order valence-electron chi connectivity index (χ1n) is 8.24. The number of primary amides is 1. The molecular formula is C18H25N3O3. The maximum atomic E-state index is 12.9. The lowest BCUT2D eigenvalue weighted by Crippen LogP contribution is -2.50. The van der Waals surface area contributed by atoms with Gasteiger partial charge in [0.15, 0.2) is 0 Å². The number of carbonyl (C=O) groups excluding carboxylic acids is 3. The molecule has 0 aromatic heterocycles. The molecule has 0 bridgehead atoms. The summed E-state index contributed by atoms with van der Waals surface area (Å²) >= 11 is 0. The van der Waals surface area contributed by atoms with Gasteiger partial charge in [-0.25, -0.2) is 0 Å². The minimum absolute atomic E-state index is 0.0548. The molecular weight excluding hydrogens is 306 g/mol. The van der Waals surface area contributed by atoms with E-state index in [0.717, 1.165) is 12.0 Å². The first-order chi connectivity index (χ1) is 11.3. The number of likely N-dealkylation sites (N-methyl/N-ethyl adjacent to an activating group) is 1. The Kier molecular flexibility index (Phi) is 5.59. The molecule has 130 valence electrons. The van der Waals surface area contributed by atoms with Gasteiger partial charge in [-0.05, 0) is 30.0 Å². The molecule has 6 nitrogen and oxygen atoms in total. The van der Waals surface area contributed by atoms with Crippen molar-refractivity contribution < 1.29 is 14.4 Å². The van der Waals surface area contributed by atoms with Gasteiger partial charge in [-0.15, -0.1) is 0 Å². The highest BCUT2D eigenvalue weighted by Crippen LogP contribution is 2.21. The summed E-state index contributed by atoms with van der Waals surface area (Å²) in [5.41, 5.74) is 6.58. The fraction of sp³-hybridized carbons (Fsp3) is 0.500. The zero-order chi connectivity index (χ0) is 17.9. The molecule has 1 fully saturated rings. The third-order valence-electron chi connectivity index (χ3n) is 4.36. The zero-order valence-corrected chi connectivity index (χ0v) is 14.5. The molecule has 1 atom stereocenters. The van der Waals surface area contributed by atoms with E-state index in [4.69, 9.17) is 5.73 Å². The van der Waals surface area contributed by atoms with E-state index in [2.05, 4.69) is 0 Å². The SMILES string of the molecule is CC(C)C(C(=O)N(C)Cc1ccc(C(N)=O)cc1)N1CCCC1=O. The van der Waals surface area contributed by atoms with Crippen molar-refractivity contribution in [3.8, 4) is 0 Å². The quantitative estimate of drug-likeness (QED) is 0.855. The largest absolute Gasteiger partial charge is 0.366 e. The monoisotopic (exact) mass is 331 g/mol. The van der Waals surface area contributed by atoms with E-state index in [0.29, 0.717) is 25.1 Å². The van der Waals surface area contributed by atoms with Crippen LogP contribution in [0.2, 0.25) is 0 Å². The van der Waals surface area contributed by atoms with Crippen LogP contribution in [0.4, 0.5) is 0 Å². The van der Waals surface area contributed by atoms with E-state index in [-0.39, 0.29) is 17.7 Å². The maximum Gasteiger partial charge on any atom is 0.248 e. The number of hydrogen-bond acceptors (Lipinski definition) is 3. The van der Waals surface area contributed by atoms with E-state index < -0.39 is 11.9 Å². The Hall–Kier alpha value is -2.37. The van der Waals surface area contributed by atoms with Gasteiger partial charge in [0.25, 0.3) is 0 Å². The average molecular weight is 331 g/mol. The van der Waals surface area contributed by atoms with E-state index in [1.807, 2.05) is 13.8 Å². The smallest absolute Gasteiger partial charge is 0.248 e. The average Bonchev–Trinajstić information content (AvgIpc) is 2.93. The lowest BCUT2D eigenvalue weighted by atomic mass is 10.0. The number of rotatable bonds is 6. The van der Waals surface area contributed by atoms with Gasteiger partial charge in [-0.2, -0.15) is 0 Å². The second-order valence-electron chi connectivity index (χ2n) is 6.64. The summed E-state index contributed by atoms with van der Waals surface area (Å²) in [5, 5.41) is 0. The Labute approximate surface area is 142 Å². The summed E-state index contributed by atoms with van der Waals surface area (Å²) in [6, 6.07) is 6.46. The van der Waals surface area contributed by atoms with Crippen LogP contribution < -0.4 is 5.73 Å². The Bertz CT molecular complexity index is 625. The number of benzene rings is 1. The van der Waals surface area contributed by atoms with Gasteiger partial charge < -0.3 is 15.5 Å². The van der Waals surface area contributed by atoms with Crippen molar-refractivity contribution in [1.82, 2.24) is 9.80 Å². The van der Waals surface area contributed by atoms with Crippen molar-refractivity contribution >= 4 is 17.7 Å². The predicted molar refractivity (Wildman–Crippen MR) is 91.0 cm³/mol. The molecule has 1 aliphatic rings. The number of hydrogen-bond donors (Lipinski definition) is 1. The number of amides is 3. The maximum absolute atomic E-state index is 12.9. The molecule has 1 saturated heterocycles. The van der Waals surface area contributed by atoms with Crippen LogP contribution in [0.15, 0.2) is 24.3 Å². The number of likely N-dealkylation sites (tertiary alicyclic amines) is 1. The van der Waals surface area contributed by atoms with Crippen LogP contribution in [0.1, 0.15) is 42.6 Å². The third kappa shape index (κ3) is 3.93. The molecule has 1 aliphatic heterocycles. The first-order valence-corrected chi connectivity index (χ1v) is 8.24. The van der Waals surface area contributed by atoms with E-state index >= 15 is 0 Å². The Balaban J connectivity index is 2.08. The summed E-state index contributed by atoms with van der Waals surface area (Å²) in [7, 11) is 1.74. The molecule has 2 N–H and O–H groups in total. The Morgan fingerprint density at radius 3 is 2.33 bits per heavy atom. The van der Waals surface area contributed by atoms with Gasteiger partial charge in [0.05, 0.1) is 0 Å². The number of nitrogens with zero attached hydrogens (tertiary/aromatic N) is 2. The summed E-state index contributed by atoms with van der Waals surface area (Å²) in [5.74, 6) is -0.418. The van der Waals surface area contributed by atoms with Crippen molar-refractivity contribution in [2.45, 2.75) is 39.3 Å². The standard InChI is InChI=1S/C18H25N3O3/c1-12(2)16(21-10-4-5-15(21)22)18(24)20(3)11-13-6-8-14(9-7-13)17(19)23/h6-9,12,16H,4-5,10-11H2,1-3H3,(H2,19,23). The highest BCUT2D eigenvalue weighted by Gasteiger charge is 2.36. The molecule has 24 heavy (non-hydrogen) atoms. The minimum atomic E-state index is -0.474. The second kappa shape index (κ2) is 7.47. The van der Waals surface area contributed by atoms with Crippen molar-refractivity contribution in [2.75, 3.05) is 13.6 Å². The Morgan fingerprint density at radius 1 is 1.25 bits per heavy atom. The lowest BCUT2D eigenvalue weighted by Gasteiger charge is -2.33. The predicted octanol–water partition coefficient (Wildman–Crippen LogP) is 1.39. The highest BCUT2D eigenvalue weighted by atomic mass is 16.2. The number of carbonyl (C=O) groups is 3. The van der Waals surface area contributed by atoms with Crippen LogP contribution in [0, 0.1) is 5.92 Å². The molecule has 0 saturated carbocycles. The molecule has 6 heteroatoms. The minimum Gasteiger partial charge on any atom is -0.366 e. The van der Waals surface area contributed by atoms with Gasteiger partial charge in [0.2, 0.25) is 17.7 Å². The van der Waals surface area contributed by atoms with E-state index in [9.17, 15) is 14.4 Å². The zero-order valence-electron chi connectivity index (χ0n) is 14.5. The molecule has 2 rings (SSSR count). The van der Waals surface area contributed by atoms with Gasteiger partial charge in [0, 0.05) is 32.1 Å². The summed E-state index contributed by atoms with van der Waals surface area (Å²) in [6.07, 6.45) is 1.34. The van der Waals surface area contributed by atoms with Gasteiger partial charge in [-0.1, -0.05) is 26.0 Å². The van der Waals surface area contributed by atoms with Crippen LogP contribution in [0.5, 0.6) is 0 Å². The molecule has 0 spiro atoms. The molecule has 0 aliphatic carbocycles. The van der Waals surface area contributed by atoms with E-state index in [1.165, 1.54) is 0 Å². The van der Waals surface area contributed by atoms with Crippen LogP contribution in [0.25, 0.3) is 0 Å². The second-order valence-corrected chi connectivity index (χ2v) is 6.64. The van der Waals surface area contributed by atoms with Gasteiger partial charge >= 0.3 is 0 Å². The first kappa shape index (κ1) is 18.0. The molecule has 1 unspecified atom stereocenters. The molecule has 1 aromatic rings. The molecule has 1 aromatic carbocycles. The summed E-state index contributed by atoms with van der Waals surface area (Å²) in [4.78, 5) is 39.3. The Morgan fingerprint density at radius 2 is 1.88 bits per heavy atom. The van der Waals surface area contributed by atoms with Crippen molar-refractivity contribution in [2.24, 2.45) is 11.7 Å². The van der Waals surface area contributed by atoms with Crippen LogP contribution in [-0.4, -0.2) is 47.2 Å². The molecule has 1 heterocycles. The summed E-state index contributed by atoms with van der Waals surface area (Å²) in [6.45, 7) is 4.99.